The molecule has 0 N–H and O–H groups in total. The molecule has 0 bridgehead atoms. The van der Waals surface area contributed by atoms with Gasteiger partial charge in [0.2, 0.25) is 5.91 Å². The molecule has 0 saturated heterocycles. The molecule has 0 fully saturated rings. The highest BCUT2D eigenvalue weighted by Gasteiger charge is 2.16. The predicted molar refractivity (Wildman–Crippen MR) is 65.9 cm³/mol. The number of fused-ring (bicyclic) bond motifs is 1. The van der Waals surface area contributed by atoms with Gasteiger partial charge >= 0.3 is 0 Å². The molecule has 1 aromatic rings. The van der Waals surface area contributed by atoms with Crippen LogP contribution in [0.2, 0.25) is 0 Å². The number of aryl methyl sites for hydroxylation is 1. The van der Waals surface area contributed by atoms with E-state index >= 15 is 0 Å². The van der Waals surface area contributed by atoms with Gasteiger partial charge in [-0.1, -0.05) is 12.1 Å². The lowest BCUT2D eigenvalue weighted by molar-refractivity contribution is -0.129. The van der Waals surface area contributed by atoms with Crippen molar-refractivity contribution in [2.45, 2.75) is 33.2 Å². The van der Waals surface area contributed by atoms with Crippen LogP contribution in [-0.2, 0) is 17.8 Å². The number of nitrogens with zero attached hydrogens (tertiary/aromatic N) is 1. The Hall–Kier alpha value is -1.64. The van der Waals surface area contributed by atoms with E-state index < -0.39 is 0 Å². The fraction of sp³-hybridized carbons (Fsp3) is 0.429. The highest BCUT2D eigenvalue weighted by Crippen LogP contribution is 2.20. The summed E-state index contributed by atoms with van der Waals surface area (Å²) in [4.78, 5) is 24.6. The van der Waals surface area contributed by atoms with Crippen LogP contribution < -0.4 is 0 Å². The second kappa shape index (κ2) is 4.70. The molecule has 1 heterocycles. The van der Waals surface area contributed by atoms with Crippen LogP contribution in [0.5, 0.6) is 0 Å². The molecule has 0 spiro atoms. The number of benzene rings is 1. The van der Waals surface area contributed by atoms with Crippen LogP contribution in [0.25, 0.3) is 0 Å². The molecule has 0 unspecified atom stereocenters. The Bertz CT molecular complexity index is 465. The third kappa shape index (κ3) is 2.54. The lowest BCUT2D eigenvalue weighted by atomic mass is 10.00. The van der Waals surface area contributed by atoms with Crippen molar-refractivity contribution in [1.82, 2.24) is 4.90 Å². The minimum Gasteiger partial charge on any atom is -0.339 e. The first kappa shape index (κ1) is 11.8. The molecule has 1 amide bonds. The highest BCUT2D eigenvalue weighted by atomic mass is 16.2. The summed E-state index contributed by atoms with van der Waals surface area (Å²) < 4.78 is 0. The van der Waals surface area contributed by atoms with E-state index in [9.17, 15) is 9.59 Å². The highest BCUT2D eigenvalue weighted by molar-refractivity contribution is 5.94. The van der Waals surface area contributed by atoms with Crippen LogP contribution in [0.4, 0.5) is 0 Å². The van der Waals surface area contributed by atoms with Gasteiger partial charge < -0.3 is 4.90 Å². The largest absolute Gasteiger partial charge is 0.339 e. The Morgan fingerprint density at radius 2 is 1.94 bits per heavy atom. The maximum atomic E-state index is 11.4. The smallest absolute Gasteiger partial charge is 0.219 e. The van der Waals surface area contributed by atoms with Gasteiger partial charge in [-0.05, 0) is 37.0 Å². The van der Waals surface area contributed by atoms with Gasteiger partial charge in [0.1, 0.15) is 0 Å². The van der Waals surface area contributed by atoms with Crippen LogP contribution >= 0.6 is 0 Å². The fourth-order valence-electron chi connectivity index (χ4n) is 2.25. The summed E-state index contributed by atoms with van der Waals surface area (Å²) in [5, 5.41) is 0. The summed E-state index contributed by atoms with van der Waals surface area (Å²) in [6, 6.07) is 5.83. The molecule has 0 radical (unpaired) electrons. The van der Waals surface area contributed by atoms with Crippen LogP contribution in [0.3, 0.4) is 0 Å². The summed E-state index contributed by atoms with van der Waals surface area (Å²) in [6.07, 6.45) is 1.98. The monoisotopic (exact) mass is 231 g/mol. The molecule has 1 aromatic carbocycles. The van der Waals surface area contributed by atoms with Gasteiger partial charge in [0.25, 0.3) is 0 Å². The van der Waals surface area contributed by atoms with E-state index in [4.69, 9.17) is 0 Å². The van der Waals surface area contributed by atoms with Crippen molar-refractivity contribution in [3.05, 3.63) is 34.9 Å². The summed E-state index contributed by atoms with van der Waals surface area (Å²) in [7, 11) is 0. The van der Waals surface area contributed by atoms with Crippen LogP contribution in [0, 0.1) is 0 Å². The van der Waals surface area contributed by atoms with Crippen molar-refractivity contribution in [2.75, 3.05) is 6.54 Å². The molecule has 2 rings (SSSR count). The minimum atomic E-state index is 0.0754. The average molecular weight is 231 g/mol. The zero-order chi connectivity index (χ0) is 12.4. The van der Waals surface area contributed by atoms with Crippen LogP contribution in [0.1, 0.15) is 41.8 Å². The Labute approximate surface area is 101 Å². The number of carbonyl (C=O) groups is 2. The molecule has 0 atom stereocenters. The lowest BCUT2D eigenvalue weighted by Gasteiger charge is -2.18. The molecule has 17 heavy (non-hydrogen) atoms. The Kier molecular flexibility index (Phi) is 3.27. The third-order valence-corrected chi connectivity index (χ3v) is 3.29. The van der Waals surface area contributed by atoms with Gasteiger partial charge in [-0.25, -0.2) is 0 Å². The summed E-state index contributed by atoms with van der Waals surface area (Å²) in [6.45, 7) is 4.60. The maximum absolute atomic E-state index is 11.4. The van der Waals surface area contributed by atoms with Gasteiger partial charge in [0.15, 0.2) is 5.78 Å². The van der Waals surface area contributed by atoms with E-state index in [2.05, 4.69) is 0 Å². The molecule has 0 aliphatic carbocycles. The SMILES string of the molecule is CC(=O)c1ccc2c(c1)CN(C(C)=O)CCC2. The van der Waals surface area contributed by atoms with Crippen molar-refractivity contribution in [2.24, 2.45) is 0 Å². The standard InChI is InChI=1S/C14H17NO2/c1-10(16)13-6-5-12-4-3-7-15(11(2)17)9-14(12)8-13/h5-6,8H,3-4,7,9H2,1-2H3. The molecular weight excluding hydrogens is 214 g/mol. The number of rotatable bonds is 1. The van der Waals surface area contributed by atoms with E-state index in [0.717, 1.165) is 30.5 Å². The Morgan fingerprint density at radius 3 is 2.59 bits per heavy atom. The van der Waals surface area contributed by atoms with E-state index in [1.165, 1.54) is 5.56 Å². The molecule has 3 nitrogen and oxygen atoms in total. The summed E-state index contributed by atoms with van der Waals surface area (Å²) in [5.41, 5.74) is 3.11. The first-order chi connectivity index (χ1) is 8.08. The Balaban J connectivity index is 2.35. The van der Waals surface area contributed by atoms with Gasteiger partial charge in [0, 0.05) is 25.6 Å². The predicted octanol–water partition coefficient (Wildman–Crippen LogP) is 2.18. The normalized spacial score (nSPS) is 15.1. The third-order valence-electron chi connectivity index (χ3n) is 3.29. The second-order valence-corrected chi connectivity index (χ2v) is 4.58. The van der Waals surface area contributed by atoms with Crippen molar-refractivity contribution in [1.29, 1.82) is 0 Å². The first-order valence-electron chi connectivity index (χ1n) is 5.96. The topological polar surface area (TPSA) is 37.4 Å². The zero-order valence-electron chi connectivity index (χ0n) is 10.3. The van der Waals surface area contributed by atoms with Gasteiger partial charge in [-0.15, -0.1) is 0 Å². The molecular formula is C14H17NO2. The van der Waals surface area contributed by atoms with Crippen LogP contribution in [-0.4, -0.2) is 23.1 Å². The molecule has 3 heteroatoms. The van der Waals surface area contributed by atoms with Crippen LogP contribution in [0.15, 0.2) is 18.2 Å². The number of hydrogen-bond acceptors (Lipinski definition) is 2. The molecule has 1 aliphatic heterocycles. The zero-order valence-corrected chi connectivity index (χ0v) is 10.3. The number of hydrogen-bond donors (Lipinski definition) is 0. The number of Topliss-reactive ketones (excluding diaryl/α,β-unsaturated/α-hetero) is 1. The Morgan fingerprint density at radius 1 is 1.18 bits per heavy atom. The number of carbonyl (C=O) groups excluding carboxylic acids is 2. The quantitative estimate of drug-likeness (QED) is 0.695. The van der Waals surface area contributed by atoms with Gasteiger partial charge in [-0.3, -0.25) is 9.59 Å². The van der Waals surface area contributed by atoms with Gasteiger partial charge in [0.05, 0.1) is 0 Å². The molecule has 0 aromatic heterocycles. The van der Waals surface area contributed by atoms with E-state index in [1.807, 2.05) is 23.1 Å². The summed E-state index contributed by atoms with van der Waals surface area (Å²) >= 11 is 0. The molecule has 90 valence electrons. The lowest BCUT2D eigenvalue weighted by Crippen LogP contribution is -2.28. The second-order valence-electron chi connectivity index (χ2n) is 4.58. The van der Waals surface area contributed by atoms with Crippen molar-refractivity contribution in [3.63, 3.8) is 0 Å². The minimum absolute atomic E-state index is 0.0754. The van der Waals surface area contributed by atoms with E-state index in [1.54, 1.807) is 13.8 Å². The van der Waals surface area contributed by atoms with E-state index in [0.29, 0.717) is 6.54 Å². The van der Waals surface area contributed by atoms with Crippen molar-refractivity contribution in [3.8, 4) is 0 Å². The summed E-state index contributed by atoms with van der Waals surface area (Å²) in [5.74, 6) is 0.178. The molecule has 0 saturated carbocycles. The van der Waals surface area contributed by atoms with E-state index in [-0.39, 0.29) is 11.7 Å². The molecule has 1 aliphatic rings. The number of ketones is 1. The van der Waals surface area contributed by atoms with Crippen molar-refractivity contribution < 1.29 is 9.59 Å². The maximum Gasteiger partial charge on any atom is 0.219 e. The average Bonchev–Trinajstić information content (AvgIpc) is 2.49. The van der Waals surface area contributed by atoms with Crippen molar-refractivity contribution >= 4 is 11.7 Å². The van der Waals surface area contributed by atoms with Gasteiger partial charge in [-0.2, -0.15) is 0 Å². The first-order valence-corrected chi connectivity index (χ1v) is 5.96. The fourth-order valence-corrected chi connectivity index (χ4v) is 2.25. The number of amides is 1.